The van der Waals surface area contributed by atoms with Gasteiger partial charge in [-0.05, 0) is 43.2 Å². The highest BCUT2D eigenvalue weighted by atomic mass is 19.4. The van der Waals surface area contributed by atoms with Crippen LogP contribution in [0.4, 0.5) is 18.0 Å². The molecule has 2 aromatic heterocycles. The molecule has 11 heteroatoms. The average Bonchev–Trinajstić information content (AvgIpc) is 2.92. The number of aryl methyl sites for hydroxylation is 1. The normalized spacial score (nSPS) is 18.8. The largest absolute Gasteiger partial charge is 0.573 e. The Hall–Kier alpha value is -3.89. The number of nitrogens with zero attached hydrogens (tertiary/aromatic N) is 3. The van der Waals surface area contributed by atoms with Crippen LogP contribution >= 0.6 is 0 Å². The number of nitrogens with one attached hydrogen (secondary N) is 1. The summed E-state index contributed by atoms with van der Waals surface area (Å²) in [5, 5.41) is 2.56. The van der Waals surface area contributed by atoms with Crippen LogP contribution in [-0.4, -0.2) is 32.6 Å². The first kappa shape index (κ1) is 21.3. The van der Waals surface area contributed by atoms with Crippen LogP contribution in [0.1, 0.15) is 23.7 Å². The Morgan fingerprint density at radius 2 is 1.81 bits per heavy atom. The summed E-state index contributed by atoms with van der Waals surface area (Å²) >= 11 is 0. The molecule has 32 heavy (non-hydrogen) atoms. The van der Waals surface area contributed by atoms with Gasteiger partial charge in [0.1, 0.15) is 16.9 Å². The van der Waals surface area contributed by atoms with Crippen LogP contribution in [0.3, 0.4) is 0 Å². The zero-order chi connectivity index (χ0) is 23.3. The molecule has 3 heterocycles. The SMILES string of the molecule is Cc1cccn2c(=O)cc(CN3C(=O)NC(C)(c4ccc(OC(F)(F)F)cc4)C3=O)nc12. The van der Waals surface area contributed by atoms with Gasteiger partial charge < -0.3 is 10.1 Å². The van der Waals surface area contributed by atoms with Crippen molar-refractivity contribution in [1.29, 1.82) is 0 Å². The first-order chi connectivity index (χ1) is 15.0. The topological polar surface area (TPSA) is 93.0 Å². The molecule has 0 radical (unpaired) electrons. The minimum Gasteiger partial charge on any atom is -0.406 e. The molecule has 1 N–H and O–H groups in total. The third kappa shape index (κ3) is 3.77. The Morgan fingerprint density at radius 3 is 2.47 bits per heavy atom. The molecule has 1 fully saturated rings. The number of urea groups is 1. The molecule has 1 aliphatic rings. The second kappa shape index (κ2) is 7.36. The number of amides is 3. The Labute approximate surface area is 179 Å². The van der Waals surface area contributed by atoms with Gasteiger partial charge in [-0.25, -0.2) is 9.78 Å². The molecule has 0 aliphatic carbocycles. The number of pyridine rings is 1. The summed E-state index contributed by atoms with van der Waals surface area (Å²) in [5.74, 6) is -1.08. The van der Waals surface area contributed by atoms with Crippen LogP contribution < -0.4 is 15.6 Å². The van der Waals surface area contributed by atoms with Gasteiger partial charge in [-0.2, -0.15) is 0 Å². The average molecular weight is 446 g/mol. The number of fused-ring (bicyclic) bond motifs is 1. The Morgan fingerprint density at radius 1 is 1.12 bits per heavy atom. The predicted octanol–water partition coefficient (Wildman–Crippen LogP) is 2.87. The van der Waals surface area contributed by atoms with Crippen molar-refractivity contribution in [2.75, 3.05) is 0 Å². The van der Waals surface area contributed by atoms with E-state index in [4.69, 9.17) is 0 Å². The summed E-state index contributed by atoms with van der Waals surface area (Å²) in [7, 11) is 0. The zero-order valence-corrected chi connectivity index (χ0v) is 16.9. The number of imide groups is 1. The van der Waals surface area contributed by atoms with Gasteiger partial charge in [-0.1, -0.05) is 18.2 Å². The number of carbonyl (C=O) groups excluding carboxylic acids is 2. The first-order valence-electron chi connectivity index (χ1n) is 9.46. The molecule has 166 valence electrons. The molecular weight excluding hydrogens is 429 g/mol. The smallest absolute Gasteiger partial charge is 0.406 e. The summed E-state index contributed by atoms with van der Waals surface area (Å²) in [4.78, 5) is 43.4. The minimum atomic E-state index is -4.84. The van der Waals surface area contributed by atoms with Gasteiger partial charge >= 0.3 is 12.4 Å². The molecule has 4 rings (SSSR count). The zero-order valence-electron chi connectivity index (χ0n) is 16.9. The highest BCUT2D eigenvalue weighted by Gasteiger charge is 2.49. The summed E-state index contributed by atoms with van der Waals surface area (Å²) in [6.45, 7) is 2.98. The Kier molecular flexibility index (Phi) is 4.91. The van der Waals surface area contributed by atoms with E-state index < -0.39 is 29.6 Å². The van der Waals surface area contributed by atoms with Gasteiger partial charge in [-0.3, -0.25) is 18.9 Å². The van der Waals surface area contributed by atoms with E-state index in [2.05, 4.69) is 15.0 Å². The van der Waals surface area contributed by atoms with Gasteiger partial charge in [0.05, 0.1) is 12.2 Å². The van der Waals surface area contributed by atoms with Crippen molar-refractivity contribution in [3.63, 3.8) is 0 Å². The molecule has 0 bridgehead atoms. The first-order valence-corrected chi connectivity index (χ1v) is 9.46. The number of aromatic nitrogens is 2. The third-order valence-corrected chi connectivity index (χ3v) is 5.20. The number of benzene rings is 1. The standard InChI is InChI=1S/C21H17F3N4O4/c1-12-4-3-9-27-16(29)10-14(25-17(12)27)11-28-18(30)20(2,26-19(28)31)13-5-7-15(8-6-13)32-21(22,23)24/h3-10H,11H2,1-2H3,(H,26,31). The van der Waals surface area contributed by atoms with Crippen molar-refractivity contribution in [2.45, 2.75) is 32.3 Å². The van der Waals surface area contributed by atoms with Crippen LogP contribution in [-0.2, 0) is 16.9 Å². The summed E-state index contributed by atoms with van der Waals surface area (Å²) in [6, 6.07) is 8.68. The van der Waals surface area contributed by atoms with Crippen LogP contribution in [0.25, 0.3) is 5.65 Å². The van der Waals surface area contributed by atoms with Crippen molar-refractivity contribution in [2.24, 2.45) is 0 Å². The van der Waals surface area contributed by atoms with Gasteiger partial charge in [0.25, 0.3) is 11.5 Å². The fourth-order valence-electron chi connectivity index (χ4n) is 3.58. The number of carbonyl (C=O) groups is 2. The molecule has 0 spiro atoms. The van der Waals surface area contributed by atoms with Gasteiger partial charge in [-0.15, -0.1) is 13.2 Å². The third-order valence-electron chi connectivity index (χ3n) is 5.20. The van der Waals surface area contributed by atoms with Crippen molar-refractivity contribution in [3.05, 3.63) is 75.8 Å². The van der Waals surface area contributed by atoms with Crippen molar-refractivity contribution < 1.29 is 27.5 Å². The maximum atomic E-state index is 13.1. The lowest BCUT2D eigenvalue weighted by molar-refractivity contribution is -0.274. The van der Waals surface area contributed by atoms with E-state index in [0.717, 1.165) is 22.6 Å². The number of halogens is 3. The second-order valence-corrected chi connectivity index (χ2v) is 7.49. The quantitative estimate of drug-likeness (QED) is 0.623. The Balaban J connectivity index is 1.61. The van der Waals surface area contributed by atoms with E-state index in [-0.39, 0.29) is 23.4 Å². The highest BCUT2D eigenvalue weighted by molar-refractivity contribution is 6.07. The van der Waals surface area contributed by atoms with Crippen LogP contribution in [0, 0.1) is 6.92 Å². The molecule has 3 amide bonds. The molecule has 1 unspecified atom stereocenters. The van der Waals surface area contributed by atoms with Crippen molar-refractivity contribution >= 4 is 17.6 Å². The van der Waals surface area contributed by atoms with Gasteiger partial charge in [0, 0.05) is 12.3 Å². The predicted molar refractivity (Wildman–Crippen MR) is 106 cm³/mol. The van der Waals surface area contributed by atoms with E-state index in [1.54, 1.807) is 25.3 Å². The second-order valence-electron chi connectivity index (χ2n) is 7.49. The van der Waals surface area contributed by atoms with E-state index in [1.807, 2.05) is 0 Å². The summed E-state index contributed by atoms with van der Waals surface area (Å²) in [6.07, 6.45) is -3.28. The van der Waals surface area contributed by atoms with E-state index >= 15 is 0 Å². The maximum Gasteiger partial charge on any atom is 0.573 e. The van der Waals surface area contributed by atoms with E-state index in [0.29, 0.717) is 5.65 Å². The van der Waals surface area contributed by atoms with Crippen molar-refractivity contribution in [1.82, 2.24) is 19.6 Å². The molecular formula is C21H17F3N4O4. The van der Waals surface area contributed by atoms with Crippen LogP contribution in [0.15, 0.2) is 53.5 Å². The lowest BCUT2D eigenvalue weighted by Gasteiger charge is -2.22. The van der Waals surface area contributed by atoms with Gasteiger partial charge in [0.15, 0.2) is 0 Å². The van der Waals surface area contributed by atoms with E-state index in [1.165, 1.54) is 29.5 Å². The molecule has 1 aliphatic heterocycles. The number of alkyl halides is 3. The van der Waals surface area contributed by atoms with Crippen molar-refractivity contribution in [3.8, 4) is 5.75 Å². The Bertz CT molecular complexity index is 1290. The molecule has 0 saturated carbocycles. The summed E-state index contributed by atoms with van der Waals surface area (Å²) in [5.41, 5.74) is -0.208. The lowest BCUT2D eigenvalue weighted by atomic mass is 9.92. The van der Waals surface area contributed by atoms with Crippen LogP contribution in [0.5, 0.6) is 5.75 Å². The van der Waals surface area contributed by atoms with Crippen LogP contribution in [0.2, 0.25) is 0 Å². The number of ether oxygens (including phenoxy) is 1. The lowest BCUT2D eigenvalue weighted by Crippen LogP contribution is -2.40. The minimum absolute atomic E-state index is 0.228. The molecule has 8 nitrogen and oxygen atoms in total. The molecule has 3 aromatic rings. The highest BCUT2D eigenvalue weighted by Crippen LogP contribution is 2.32. The maximum absolute atomic E-state index is 13.1. The van der Waals surface area contributed by atoms with Gasteiger partial charge in [0.2, 0.25) is 0 Å². The van der Waals surface area contributed by atoms with E-state index in [9.17, 15) is 27.6 Å². The molecule has 1 atom stereocenters. The number of hydrogen-bond acceptors (Lipinski definition) is 5. The fraction of sp³-hybridized carbons (Fsp3) is 0.238. The number of rotatable bonds is 4. The summed E-state index contributed by atoms with van der Waals surface area (Å²) < 4.78 is 42.3. The molecule has 1 saturated heterocycles. The fourth-order valence-corrected chi connectivity index (χ4v) is 3.58. The molecule has 1 aromatic carbocycles. The monoisotopic (exact) mass is 446 g/mol. The number of hydrogen-bond donors (Lipinski definition) is 1.